The first-order valence-electron chi connectivity index (χ1n) is 4.73. The molecule has 0 aromatic carbocycles. The van der Waals surface area contributed by atoms with E-state index in [0.717, 1.165) is 12.1 Å². The molecule has 0 radical (unpaired) electrons. The van der Waals surface area contributed by atoms with Crippen LogP contribution in [0.25, 0.3) is 0 Å². The zero-order chi connectivity index (χ0) is 10.6. The number of carbonyl (C=O) groups excluding carboxylic acids is 1. The van der Waals surface area contributed by atoms with Crippen LogP contribution < -0.4 is 5.32 Å². The van der Waals surface area contributed by atoms with Crippen LogP contribution in [-0.4, -0.2) is 22.9 Å². The Morgan fingerprint density at radius 2 is 2.29 bits per heavy atom. The molecule has 1 aromatic heterocycles. The number of nitrogens with one attached hydrogen (secondary N) is 1. The van der Waals surface area contributed by atoms with E-state index >= 15 is 0 Å². The van der Waals surface area contributed by atoms with E-state index in [9.17, 15) is 4.79 Å². The van der Waals surface area contributed by atoms with E-state index in [-0.39, 0.29) is 5.91 Å². The summed E-state index contributed by atoms with van der Waals surface area (Å²) < 4.78 is 0. The molecule has 14 heavy (non-hydrogen) atoms. The summed E-state index contributed by atoms with van der Waals surface area (Å²) in [6.07, 6.45) is 2.44. The third kappa shape index (κ3) is 2.28. The van der Waals surface area contributed by atoms with Gasteiger partial charge in [-0.25, -0.2) is 9.97 Å². The first kappa shape index (κ1) is 10.6. The van der Waals surface area contributed by atoms with Gasteiger partial charge in [0.25, 0.3) is 5.91 Å². The third-order valence-corrected chi connectivity index (χ3v) is 2.27. The van der Waals surface area contributed by atoms with Gasteiger partial charge in [0.05, 0.1) is 0 Å². The molecular formula is C10H15N3O. The Kier molecular flexibility index (Phi) is 3.56. The predicted octanol–water partition coefficient (Wildman–Crippen LogP) is 1.35. The number of carbonyl (C=O) groups is 1. The van der Waals surface area contributed by atoms with Crippen molar-refractivity contribution in [3.63, 3.8) is 0 Å². The molecule has 76 valence electrons. The lowest BCUT2D eigenvalue weighted by molar-refractivity contribution is 0.0958. The Balaban J connectivity index is 2.95. The Hall–Kier alpha value is -1.45. The van der Waals surface area contributed by atoms with E-state index < -0.39 is 0 Å². The van der Waals surface area contributed by atoms with E-state index in [2.05, 4.69) is 29.1 Å². The molecule has 0 bridgehead atoms. The first-order chi connectivity index (χ1) is 6.69. The summed E-state index contributed by atoms with van der Waals surface area (Å²) in [5.74, 6) is 0.193. The standard InChI is InChI=1S/C10H15N3O/c1-4-7(2)8-5-9(10(14)11-3)13-6-12-8/h5-7H,4H2,1-3H3,(H,11,14). The zero-order valence-corrected chi connectivity index (χ0v) is 8.74. The normalized spacial score (nSPS) is 12.2. The molecule has 0 saturated heterocycles. The van der Waals surface area contributed by atoms with Crippen molar-refractivity contribution in [2.75, 3.05) is 7.05 Å². The molecule has 1 unspecified atom stereocenters. The molecule has 0 aliphatic rings. The molecule has 0 aliphatic carbocycles. The van der Waals surface area contributed by atoms with Gasteiger partial charge in [-0.1, -0.05) is 13.8 Å². The fourth-order valence-corrected chi connectivity index (χ4v) is 1.10. The summed E-state index contributed by atoms with van der Waals surface area (Å²) in [5.41, 5.74) is 1.35. The first-order valence-corrected chi connectivity index (χ1v) is 4.73. The number of nitrogens with zero attached hydrogens (tertiary/aromatic N) is 2. The van der Waals surface area contributed by atoms with Crippen LogP contribution in [-0.2, 0) is 0 Å². The van der Waals surface area contributed by atoms with Gasteiger partial charge in [0.1, 0.15) is 12.0 Å². The monoisotopic (exact) mass is 193 g/mol. The summed E-state index contributed by atoms with van der Waals surface area (Å²) in [6, 6.07) is 1.74. The van der Waals surface area contributed by atoms with Crippen molar-refractivity contribution in [2.45, 2.75) is 26.2 Å². The molecule has 0 aliphatic heterocycles. The van der Waals surface area contributed by atoms with Crippen LogP contribution in [0.3, 0.4) is 0 Å². The highest BCUT2D eigenvalue weighted by atomic mass is 16.1. The second-order valence-electron chi connectivity index (χ2n) is 3.22. The lowest BCUT2D eigenvalue weighted by atomic mass is 10.0. The van der Waals surface area contributed by atoms with E-state index in [1.54, 1.807) is 13.1 Å². The summed E-state index contributed by atoms with van der Waals surface area (Å²) in [7, 11) is 1.59. The highest BCUT2D eigenvalue weighted by molar-refractivity contribution is 5.91. The number of rotatable bonds is 3. The van der Waals surface area contributed by atoms with Crippen molar-refractivity contribution in [3.05, 3.63) is 23.8 Å². The van der Waals surface area contributed by atoms with Crippen LogP contribution >= 0.6 is 0 Å². The largest absolute Gasteiger partial charge is 0.354 e. The number of hydrogen-bond acceptors (Lipinski definition) is 3. The van der Waals surface area contributed by atoms with Crippen LogP contribution in [0.4, 0.5) is 0 Å². The van der Waals surface area contributed by atoms with Crippen molar-refractivity contribution in [3.8, 4) is 0 Å². The lowest BCUT2D eigenvalue weighted by Gasteiger charge is -2.07. The lowest BCUT2D eigenvalue weighted by Crippen LogP contribution is -2.19. The van der Waals surface area contributed by atoms with Crippen molar-refractivity contribution in [1.82, 2.24) is 15.3 Å². The predicted molar refractivity (Wildman–Crippen MR) is 54.1 cm³/mol. The van der Waals surface area contributed by atoms with Gasteiger partial charge in [0.2, 0.25) is 0 Å². The maximum Gasteiger partial charge on any atom is 0.269 e. The van der Waals surface area contributed by atoms with Gasteiger partial charge in [-0.05, 0) is 18.4 Å². The molecule has 1 amide bonds. The number of aromatic nitrogens is 2. The van der Waals surface area contributed by atoms with Crippen LogP contribution in [0.2, 0.25) is 0 Å². The zero-order valence-electron chi connectivity index (χ0n) is 8.74. The highest BCUT2D eigenvalue weighted by Crippen LogP contribution is 2.15. The van der Waals surface area contributed by atoms with Gasteiger partial charge in [-0.15, -0.1) is 0 Å². The second kappa shape index (κ2) is 4.69. The molecular weight excluding hydrogens is 178 g/mol. The number of hydrogen-bond donors (Lipinski definition) is 1. The molecule has 1 N–H and O–H groups in total. The third-order valence-electron chi connectivity index (χ3n) is 2.27. The fourth-order valence-electron chi connectivity index (χ4n) is 1.10. The van der Waals surface area contributed by atoms with E-state index in [0.29, 0.717) is 11.6 Å². The van der Waals surface area contributed by atoms with Gasteiger partial charge in [0.15, 0.2) is 0 Å². The van der Waals surface area contributed by atoms with Crippen molar-refractivity contribution >= 4 is 5.91 Å². The molecule has 1 rings (SSSR count). The van der Waals surface area contributed by atoms with Crippen molar-refractivity contribution in [1.29, 1.82) is 0 Å². The fraction of sp³-hybridized carbons (Fsp3) is 0.500. The Morgan fingerprint density at radius 1 is 1.57 bits per heavy atom. The molecule has 1 atom stereocenters. The Morgan fingerprint density at radius 3 is 2.86 bits per heavy atom. The minimum atomic E-state index is -0.169. The second-order valence-corrected chi connectivity index (χ2v) is 3.22. The van der Waals surface area contributed by atoms with Gasteiger partial charge >= 0.3 is 0 Å². The topological polar surface area (TPSA) is 54.9 Å². The average Bonchev–Trinajstić information content (AvgIpc) is 2.27. The highest BCUT2D eigenvalue weighted by Gasteiger charge is 2.09. The molecule has 1 aromatic rings. The van der Waals surface area contributed by atoms with Crippen LogP contribution in [0.1, 0.15) is 42.4 Å². The molecule has 1 heterocycles. The molecule has 0 fully saturated rings. The Bertz CT molecular complexity index is 325. The molecule has 0 saturated carbocycles. The van der Waals surface area contributed by atoms with Gasteiger partial charge in [-0.3, -0.25) is 4.79 Å². The quantitative estimate of drug-likeness (QED) is 0.788. The van der Waals surface area contributed by atoms with Gasteiger partial charge in [-0.2, -0.15) is 0 Å². The van der Waals surface area contributed by atoms with Crippen LogP contribution in [0.5, 0.6) is 0 Å². The SMILES string of the molecule is CCC(C)c1cc(C(=O)NC)ncn1. The average molecular weight is 193 g/mol. The molecule has 4 heteroatoms. The summed E-state index contributed by atoms with van der Waals surface area (Å²) in [5, 5.41) is 2.54. The van der Waals surface area contributed by atoms with E-state index in [4.69, 9.17) is 0 Å². The summed E-state index contributed by atoms with van der Waals surface area (Å²) >= 11 is 0. The van der Waals surface area contributed by atoms with Crippen molar-refractivity contribution < 1.29 is 4.79 Å². The maximum absolute atomic E-state index is 11.3. The van der Waals surface area contributed by atoms with Crippen LogP contribution in [0.15, 0.2) is 12.4 Å². The summed E-state index contributed by atoms with van der Waals surface area (Å²) in [4.78, 5) is 19.3. The van der Waals surface area contributed by atoms with Gasteiger partial charge < -0.3 is 5.32 Å². The minimum absolute atomic E-state index is 0.169. The Labute approximate surface area is 83.8 Å². The van der Waals surface area contributed by atoms with Gasteiger partial charge in [0, 0.05) is 12.7 Å². The van der Waals surface area contributed by atoms with E-state index in [1.807, 2.05) is 0 Å². The maximum atomic E-state index is 11.3. The number of amides is 1. The molecule has 0 spiro atoms. The molecule has 4 nitrogen and oxygen atoms in total. The van der Waals surface area contributed by atoms with Crippen LogP contribution in [0, 0.1) is 0 Å². The smallest absolute Gasteiger partial charge is 0.269 e. The summed E-state index contributed by atoms with van der Waals surface area (Å²) in [6.45, 7) is 4.17. The van der Waals surface area contributed by atoms with E-state index in [1.165, 1.54) is 6.33 Å². The minimum Gasteiger partial charge on any atom is -0.354 e. The van der Waals surface area contributed by atoms with Crippen molar-refractivity contribution in [2.24, 2.45) is 0 Å².